The van der Waals surface area contributed by atoms with E-state index in [4.69, 9.17) is 4.74 Å². The number of esters is 1. The number of sulfonamides is 1. The van der Waals surface area contributed by atoms with E-state index in [2.05, 4.69) is 25.4 Å². The van der Waals surface area contributed by atoms with Crippen LogP contribution >= 0.6 is 0 Å². The molecule has 0 fully saturated rings. The van der Waals surface area contributed by atoms with Gasteiger partial charge in [0.15, 0.2) is 5.03 Å². The molecule has 2 N–H and O–H groups in total. The van der Waals surface area contributed by atoms with Gasteiger partial charge in [0, 0.05) is 7.05 Å². The first kappa shape index (κ1) is 15.1. The van der Waals surface area contributed by atoms with Crippen LogP contribution in [0.5, 0.6) is 0 Å². The zero-order valence-corrected chi connectivity index (χ0v) is 12.2. The molecule has 0 radical (unpaired) electrons. The highest BCUT2D eigenvalue weighted by atomic mass is 32.2. The van der Waals surface area contributed by atoms with Gasteiger partial charge in [-0.1, -0.05) is 0 Å². The Morgan fingerprint density at radius 3 is 2.76 bits per heavy atom. The van der Waals surface area contributed by atoms with Gasteiger partial charge in [0.25, 0.3) is 10.0 Å². The molecule has 0 aliphatic heterocycles. The molecule has 0 aliphatic rings. The first-order chi connectivity index (χ1) is 9.96. The van der Waals surface area contributed by atoms with E-state index in [9.17, 15) is 13.2 Å². The van der Waals surface area contributed by atoms with Gasteiger partial charge < -0.3 is 4.74 Å². The Morgan fingerprint density at radius 2 is 2.14 bits per heavy atom. The van der Waals surface area contributed by atoms with Gasteiger partial charge in [0.2, 0.25) is 0 Å². The fourth-order valence-electron chi connectivity index (χ4n) is 1.58. The molecular formula is C10H14N6O4S. The van der Waals surface area contributed by atoms with Crippen molar-refractivity contribution >= 4 is 16.0 Å². The molecule has 0 spiro atoms. The molecule has 0 atom stereocenters. The fourth-order valence-corrected chi connectivity index (χ4v) is 2.77. The summed E-state index contributed by atoms with van der Waals surface area (Å²) in [7, 11) is -2.58. The van der Waals surface area contributed by atoms with Gasteiger partial charge in [0.1, 0.15) is 17.7 Å². The number of nitrogens with one attached hydrogen (secondary N) is 2. The Balaban J connectivity index is 2.27. The Kier molecular flexibility index (Phi) is 4.33. The normalized spacial score (nSPS) is 11.8. The van der Waals surface area contributed by atoms with Crippen molar-refractivity contribution in [3.05, 3.63) is 23.9 Å². The monoisotopic (exact) mass is 314 g/mol. The van der Waals surface area contributed by atoms with E-state index in [0.29, 0.717) is 5.82 Å². The molecule has 0 saturated heterocycles. The number of aromatic nitrogens is 5. The minimum absolute atomic E-state index is 0.0242. The molecule has 2 rings (SSSR count). The Hall–Kier alpha value is -2.27. The number of hydrogen-bond donors (Lipinski definition) is 2. The Bertz CT molecular complexity index is 708. The summed E-state index contributed by atoms with van der Waals surface area (Å²) in [6, 6.07) is 0. The second-order valence-electron chi connectivity index (χ2n) is 4.03. The largest absolute Gasteiger partial charge is 0.462 e. The third kappa shape index (κ3) is 3.08. The molecule has 0 bridgehead atoms. The maximum Gasteiger partial charge on any atom is 0.342 e. The number of nitrogens with zero attached hydrogens (tertiary/aromatic N) is 4. The van der Waals surface area contributed by atoms with Crippen LogP contribution in [0.3, 0.4) is 0 Å². The third-order valence-corrected chi connectivity index (χ3v) is 4.38. The summed E-state index contributed by atoms with van der Waals surface area (Å²) in [5.74, 6) is -0.379. The highest BCUT2D eigenvalue weighted by molar-refractivity contribution is 7.89. The van der Waals surface area contributed by atoms with Crippen molar-refractivity contribution in [3.8, 4) is 0 Å². The van der Waals surface area contributed by atoms with Crippen molar-refractivity contribution in [1.82, 2.24) is 29.7 Å². The van der Waals surface area contributed by atoms with E-state index in [-0.39, 0.29) is 23.7 Å². The highest BCUT2D eigenvalue weighted by Crippen LogP contribution is 2.18. The summed E-state index contributed by atoms with van der Waals surface area (Å²) < 4.78 is 30.7. The molecule has 0 aliphatic carbocycles. The average molecular weight is 314 g/mol. The van der Waals surface area contributed by atoms with Crippen LogP contribution in [0.4, 0.5) is 0 Å². The maximum atomic E-state index is 12.4. The highest BCUT2D eigenvalue weighted by Gasteiger charge is 2.30. The number of ether oxygens (including phenoxy) is 1. The van der Waals surface area contributed by atoms with Crippen molar-refractivity contribution in [2.45, 2.75) is 18.5 Å². The molecule has 10 nitrogen and oxygen atoms in total. The Labute approximate surface area is 120 Å². The molecular weight excluding hydrogens is 300 g/mol. The molecule has 0 amide bonds. The van der Waals surface area contributed by atoms with Crippen LogP contribution in [0.15, 0.2) is 17.6 Å². The van der Waals surface area contributed by atoms with E-state index in [1.165, 1.54) is 13.4 Å². The van der Waals surface area contributed by atoms with Crippen LogP contribution in [0.2, 0.25) is 0 Å². The number of H-pyrrole nitrogens is 2. The first-order valence-electron chi connectivity index (χ1n) is 5.98. The third-order valence-electron chi connectivity index (χ3n) is 2.61. The quantitative estimate of drug-likeness (QED) is 0.688. The summed E-state index contributed by atoms with van der Waals surface area (Å²) >= 11 is 0. The first-order valence-corrected chi connectivity index (χ1v) is 7.42. The van der Waals surface area contributed by atoms with Crippen molar-refractivity contribution < 1.29 is 17.9 Å². The molecule has 21 heavy (non-hydrogen) atoms. The average Bonchev–Trinajstić information content (AvgIpc) is 3.09. The van der Waals surface area contributed by atoms with Gasteiger partial charge in [-0.15, -0.1) is 0 Å². The van der Waals surface area contributed by atoms with Crippen molar-refractivity contribution in [2.75, 3.05) is 13.7 Å². The van der Waals surface area contributed by atoms with Gasteiger partial charge in [0.05, 0.1) is 19.3 Å². The van der Waals surface area contributed by atoms with Gasteiger partial charge in [-0.25, -0.2) is 18.2 Å². The Morgan fingerprint density at radius 1 is 1.38 bits per heavy atom. The number of rotatable bonds is 6. The molecule has 114 valence electrons. The summed E-state index contributed by atoms with van der Waals surface area (Å²) in [5, 5.41) is 11.8. The zero-order chi connectivity index (χ0) is 15.5. The summed E-state index contributed by atoms with van der Waals surface area (Å²) in [6.07, 6.45) is 2.39. The minimum atomic E-state index is -3.94. The molecule has 2 heterocycles. The molecule has 0 unspecified atom stereocenters. The SMILES string of the molecule is CCOC(=O)c1cn[nH]c1S(=O)(=O)N(C)Cc1ncn[nH]1. The van der Waals surface area contributed by atoms with Gasteiger partial charge in [-0.2, -0.15) is 14.5 Å². The summed E-state index contributed by atoms with van der Waals surface area (Å²) in [5.41, 5.74) is -0.138. The van der Waals surface area contributed by atoms with Crippen molar-refractivity contribution in [2.24, 2.45) is 0 Å². The van der Waals surface area contributed by atoms with E-state index >= 15 is 0 Å². The second-order valence-corrected chi connectivity index (χ2v) is 6.01. The van der Waals surface area contributed by atoms with Crippen LogP contribution in [-0.2, 0) is 21.3 Å². The second kappa shape index (κ2) is 6.01. The summed E-state index contributed by atoms with van der Waals surface area (Å²) in [6.45, 7) is 1.74. The fraction of sp³-hybridized carbons (Fsp3) is 0.400. The number of aromatic amines is 2. The van der Waals surface area contributed by atoms with E-state index < -0.39 is 16.0 Å². The van der Waals surface area contributed by atoms with Crippen LogP contribution in [-0.4, -0.2) is 57.7 Å². The number of hydrogen-bond acceptors (Lipinski definition) is 7. The smallest absolute Gasteiger partial charge is 0.342 e. The van der Waals surface area contributed by atoms with Crippen LogP contribution in [0.25, 0.3) is 0 Å². The topological polar surface area (TPSA) is 134 Å². The van der Waals surface area contributed by atoms with E-state index in [1.807, 2.05) is 0 Å². The lowest BCUT2D eigenvalue weighted by atomic mass is 10.4. The van der Waals surface area contributed by atoms with Crippen molar-refractivity contribution in [3.63, 3.8) is 0 Å². The standard InChI is InChI=1S/C10H14N6O4S/c1-3-20-10(17)7-4-12-15-9(7)21(18,19)16(2)5-8-11-6-13-14-8/h4,6H,3,5H2,1-2H3,(H,12,15)(H,11,13,14). The van der Waals surface area contributed by atoms with Crippen molar-refractivity contribution in [1.29, 1.82) is 0 Å². The molecule has 0 aromatic carbocycles. The lowest BCUT2D eigenvalue weighted by Gasteiger charge is -2.15. The molecule has 11 heteroatoms. The zero-order valence-electron chi connectivity index (χ0n) is 11.4. The van der Waals surface area contributed by atoms with Crippen LogP contribution in [0.1, 0.15) is 23.1 Å². The maximum absolute atomic E-state index is 12.4. The predicted octanol–water partition coefficient (Wildman–Crippen LogP) is -0.475. The van der Waals surface area contributed by atoms with Gasteiger partial charge >= 0.3 is 5.97 Å². The van der Waals surface area contributed by atoms with E-state index in [0.717, 1.165) is 10.5 Å². The van der Waals surface area contributed by atoms with Crippen LogP contribution in [0, 0.1) is 0 Å². The van der Waals surface area contributed by atoms with Gasteiger partial charge in [-0.05, 0) is 6.92 Å². The number of carbonyl (C=O) groups is 1. The molecule has 2 aromatic rings. The minimum Gasteiger partial charge on any atom is -0.462 e. The lowest BCUT2D eigenvalue weighted by molar-refractivity contribution is 0.0521. The lowest BCUT2D eigenvalue weighted by Crippen LogP contribution is -2.28. The van der Waals surface area contributed by atoms with Crippen LogP contribution < -0.4 is 0 Å². The summed E-state index contributed by atoms with van der Waals surface area (Å²) in [4.78, 5) is 15.6. The number of carbonyl (C=O) groups excluding carboxylic acids is 1. The molecule has 0 saturated carbocycles. The predicted molar refractivity (Wildman–Crippen MR) is 69.6 cm³/mol. The van der Waals surface area contributed by atoms with Gasteiger partial charge in [-0.3, -0.25) is 10.2 Å². The molecule has 2 aromatic heterocycles. The van der Waals surface area contributed by atoms with E-state index in [1.54, 1.807) is 6.92 Å².